The van der Waals surface area contributed by atoms with E-state index in [9.17, 15) is 4.79 Å². The highest BCUT2D eigenvalue weighted by Gasteiger charge is 2.26. The van der Waals surface area contributed by atoms with E-state index in [4.69, 9.17) is 23.2 Å². The van der Waals surface area contributed by atoms with Gasteiger partial charge in [0.15, 0.2) is 0 Å². The molecule has 1 N–H and O–H groups in total. The number of benzene rings is 1. The highest BCUT2D eigenvalue weighted by Crippen LogP contribution is 2.29. The maximum atomic E-state index is 12.4. The number of carbonyl (C=O) groups excluding carboxylic acids is 1. The molecule has 0 aliphatic carbocycles. The quantitative estimate of drug-likeness (QED) is 0.888. The van der Waals surface area contributed by atoms with Gasteiger partial charge in [-0.25, -0.2) is 9.97 Å². The summed E-state index contributed by atoms with van der Waals surface area (Å²) in [5.41, 5.74) is 1.87. The number of hydrogen-bond donors (Lipinski definition) is 1. The van der Waals surface area contributed by atoms with Crippen LogP contribution in [-0.2, 0) is 0 Å². The van der Waals surface area contributed by atoms with E-state index >= 15 is 0 Å². The molecule has 2 heterocycles. The summed E-state index contributed by atoms with van der Waals surface area (Å²) in [7, 11) is 0. The molecule has 1 amide bonds. The molecule has 1 atom stereocenters. The fraction of sp³-hybridized carbons (Fsp3) is 0.250. The van der Waals surface area contributed by atoms with Crippen molar-refractivity contribution in [2.75, 3.05) is 11.6 Å². The highest BCUT2D eigenvalue weighted by atomic mass is 35.5. The molecule has 0 saturated carbocycles. The minimum atomic E-state index is -0.269. The standard InChI is InChI=1S/C16H15Cl2N5O/c1-9-7-23(11-3-4-13(17)14(18)5-11)22-15(9)21-16(24)12-6-19-8-20-10(12)2/h3-6,8-9H,7H2,1-2H3,(H,21,22,24). The van der Waals surface area contributed by atoms with Crippen LogP contribution < -0.4 is 10.3 Å². The van der Waals surface area contributed by atoms with E-state index in [1.54, 1.807) is 24.1 Å². The third kappa shape index (κ3) is 3.34. The van der Waals surface area contributed by atoms with E-state index in [2.05, 4.69) is 20.4 Å². The monoisotopic (exact) mass is 363 g/mol. The molecule has 8 heteroatoms. The molecule has 124 valence electrons. The van der Waals surface area contributed by atoms with Crippen LogP contribution in [0.15, 0.2) is 35.8 Å². The van der Waals surface area contributed by atoms with Gasteiger partial charge in [-0.15, -0.1) is 0 Å². The maximum absolute atomic E-state index is 12.4. The molecule has 0 bridgehead atoms. The molecule has 1 aliphatic heterocycles. The number of anilines is 1. The van der Waals surface area contributed by atoms with Crippen LogP contribution in [0.1, 0.15) is 23.0 Å². The number of amidine groups is 1. The van der Waals surface area contributed by atoms with Gasteiger partial charge in [-0.3, -0.25) is 9.80 Å². The van der Waals surface area contributed by atoms with Gasteiger partial charge < -0.3 is 5.32 Å². The molecule has 1 aromatic heterocycles. The summed E-state index contributed by atoms with van der Waals surface area (Å²) in [6, 6.07) is 5.31. The fourth-order valence-corrected chi connectivity index (χ4v) is 2.66. The third-order valence-corrected chi connectivity index (χ3v) is 4.48. The van der Waals surface area contributed by atoms with E-state index in [-0.39, 0.29) is 11.8 Å². The van der Waals surface area contributed by atoms with Gasteiger partial charge in [-0.05, 0) is 25.1 Å². The number of nitrogens with zero attached hydrogens (tertiary/aromatic N) is 4. The van der Waals surface area contributed by atoms with Crippen LogP contribution in [-0.4, -0.2) is 28.3 Å². The van der Waals surface area contributed by atoms with Gasteiger partial charge in [0.1, 0.15) is 12.2 Å². The van der Waals surface area contributed by atoms with Gasteiger partial charge >= 0.3 is 0 Å². The molecule has 3 rings (SSSR count). The predicted octanol–water partition coefficient (Wildman–Crippen LogP) is 3.29. The first-order valence-corrected chi connectivity index (χ1v) is 8.10. The number of nitrogens with one attached hydrogen (secondary N) is 1. The minimum Gasteiger partial charge on any atom is -0.308 e. The van der Waals surface area contributed by atoms with E-state index in [0.717, 1.165) is 5.69 Å². The first-order valence-electron chi connectivity index (χ1n) is 7.34. The molecule has 1 aliphatic rings. The zero-order valence-electron chi connectivity index (χ0n) is 13.1. The number of hydrogen-bond acceptors (Lipinski definition) is 5. The molecule has 0 radical (unpaired) electrons. The lowest BCUT2D eigenvalue weighted by Crippen LogP contribution is -2.34. The summed E-state index contributed by atoms with van der Waals surface area (Å²) in [5, 5.41) is 10.1. The molecule has 1 aromatic carbocycles. The number of halogens is 2. The van der Waals surface area contributed by atoms with E-state index in [1.165, 1.54) is 12.5 Å². The Labute approximate surface area is 149 Å². The second-order valence-corrected chi connectivity index (χ2v) is 6.36. The second-order valence-electron chi connectivity index (χ2n) is 5.54. The number of rotatable bonds is 2. The summed E-state index contributed by atoms with van der Waals surface area (Å²) < 4.78 is 0. The first kappa shape index (κ1) is 16.7. The number of aromatic nitrogens is 2. The van der Waals surface area contributed by atoms with Gasteiger partial charge in [-0.2, -0.15) is 5.10 Å². The van der Waals surface area contributed by atoms with Crippen molar-refractivity contribution in [3.05, 3.63) is 52.0 Å². The summed E-state index contributed by atoms with van der Waals surface area (Å²) >= 11 is 12.0. The lowest BCUT2D eigenvalue weighted by atomic mass is 10.1. The lowest BCUT2D eigenvalue weighted by Gasteiger charge is -2.14. The molecule has 2 aromatic rings. The van der Waals surface area contributed by atoms with E-state index in [1.807, 2.05) is 13.0 Å². The average Bonchev–Trinajstić information content (AvgIpc) is 2.91. The number of hydrazone groups is 1. The van der Waals surface area contributed by atoms with Crippen molar-refractivity contribution in [2.45, 2.75) is 13.8 Å². The van der Waals surface area contributed by atoms with Crippen molar-refractivity contribution in [3.63, 3.8) is 0 Å². The zero-order chi connectivity index (χ0) is 17.3. The molecule has 0 fully saturated rings. The SMILES string of the molecule is Cc1ncncc1C(=O)NC1=NN(c2ccc(Cl)c(Cl)c2)CC1C. The lowest BCUT2D eigenvalue weighted by molar-refractivity contribution is 0.0974. The Balaban J connectivity index is 1.79. The smallest absolute Gasteiger partial charge is 0.260 e. The van der Waals surface area contributed by atoms with Crippen molar-refractivity contribution < 1.29 is 4.79 Å². The molecular weight excluding hydrogens is 349 g/mol. The van der Waals surface area contributed by atoms with Crippen LogP contribution in [0.5, 0.6) is 0 Å². The minimum absolute atomic E-state index is 0.0633. The second kappa shape index (κ2) is 6.75. The predicted molar refractivity (Wildman–Crippen MR) is 94.6 cm³/mol. The van der Waals surface area contributed by atoms with Gasteiger partial charge in [0.2, 0.25) is 0 Å². The third-order valence-electron chi connectivity index (χ3n) is 3.74. The van der Waals surface area contributed by atoms with Gasteiger partial charge in [0.05, 0.1) is 33.5 Å². The molecule has 0 spiro atoms. The normalized spacial score (nSPS) is 16.9. The van der Waals surface area contributed by atoms with Crippen molar-refractivity contribution in [1.82, 2.24) is 15.3 Å². The largest absolute Gasteiger partial charge is 0.308 e. The fourth-order valence-electron chi connectivity index (χ4n) is 2.37. The molecule has 24 heavy (non-hydrogen) atoms. The van der Waals surface area contributed by atoms with Crippen molar-refractivity contribution in [3.8, 4) is 0 Å². The highest BCUT2D eigenvalue weighted by molar-refractivity contribution is 6.42. The summed E-state index contributed by atoms with van der Waals surface area (Å²) in [5.74, 6) is 0.386. The zero-order valence-corrected chi connectivity index (χ0v) is 14.6. The van der Waals surface area contributed by atoms with Crippen LogP contribution >= 0.6 is 23.2 Å². The Kier molecular flexibility index (Phi) is 4.69. The Morgan fingerprint density at radius 3 is 2.83 bits per heavy atom. The summed E-state index contributed by atoms with van der Waals surface area (Å²) in [6.07, 6.45) is 2.91. The van der Waals surface area contributed by atoms with Crippen molar-refractivity contribution >= 4 is 40.6 Å². The Morgan fingerprint density at radius 2 is 2.12 bits per heavy atom. The number of aryl methyl sites for hydroxylation is 1. The summed E-state index contributed by atoms with van der Waals surface area (Å²) in [4.78, 5) is 20.3. The Bertz CT molecular complexity index is 824. The van der Waals surface area contributed by atoms with Crippen LogP contribution in [0.3, 0.4) is 0 Å². The van der Waals surface area contributed by atoms with Crippen LogP contribution in [0.2, 0.25) is 10.0 Å². The van der Waals surface area contributed by atoms with E-state index in [0.29, 0.717) is 33.7 Å². The summed E-state index contributed by atoms with van der Waals surface area (Å²) in [6.45, 7) is 4.39. The van der Waals surface area contributed by atoms with Gasteiger partial charge in [0, 0.05) is 12.1 Å². The van der Waals surface area contributed by atoms with Crippen molar-refractivity contribution in [1.29, 1.82) is 0 Å². The number of amides is 1. The first-order chi connectivity index (χ1) is 11.5. The Morgan fingerprint density at radius 1 is 1.33 bits per heavy atom. The molecule has 6 nitrogen and oxygen atoms in total. The van der Waals surface area contributed by atoms with E-state index < -0.39 is 0 Å². The average molecular weight is 364 g/mol. The topological polar surface area (TPSA) is 70.5 Å². The maximum Gasteiger partial charge on any atom is 0.260 e. The van der Waals surface area contributed by atoms with Gasteiger partial charge in [-0.1, -0.05) is 30.1 Å². The van der Waals surface area contributed by atoms with Crippen molar-refractivity contribution in [2.24, 2.45) is 11.0 Å². The molecule has 1 unspecified atom stereocenters. The van der Waals surface area contributed by atoms with Crippen LogP contribution in [0, 0.1) is 12.8 Å². The molecular formula is C16H15Cl2N5O. The van der Waals surface area contributed by atoms with Gasteiger partial charge in [0.25, 0.3) is 5.91 Å². The number of carbonyl (C=O) groups is 1. The van der Waals surface area contributed by atoms with Crippen LogP contribution in [0.25, 0.3) is 0 Å². The Hall–Kier alpha value is -2.18. The molecule has 0 saturated heterocycles. The van der Waals surface area contributed by atoms with Crippen LogP contribution in [0.4, 0.5) is 5.69 Å².